The van der Waals surface area contributed by atoms with Gasteiger partial charge < -0.3 is 10.1 Å². The Balaban J connectivity index is 2.37. The van der Waals surface area contributed by atoms with Gasteiger partial charge in [-0.15, -0.1) is 0 Å². The molecule has 0 aromatic carbocycles. The van der Waals surface area contributed by atoms with E-state index in [4.69, 9.17) is 4.74 Å². The lowest BCUT2D eigenvalue weighted by Gasteiger charge is -2.02. The minimum absolute atomic E-state index is 0.436. The third-order valence-electron chi connectivity index (χ3n) is 1.18. The predicted octanol–water partition coefficient (Wildman–Crippen LogP) is 0.679. The highest BCUT2D eigenvalue weighted by atomic mass is 127. The maximum Gasteiger partial charge on any atom is 0.316 e. The lowest BCUT2D eigenvalue weighted by atomic mass is 10.7. The van der Waals surface area contributed by atoms with Crippen molar-refractivity contribution in [3.8, 4) is 6.01 Å². The van der Waals surface area contributed by atoms with E-state index in [1.165, 1.54) is 0 Å². The van der Waals surface area contributed by atoms with Crippen LogP contribution in [0.15, 0.2) is 12.4 Å². The number of likely N-dealkylation sites (N-methyl/N-ethyl adjacent to an activating group) is 1. The van der Waals surface area contributed by atoms with Crippen molar-refractivity contribution in [1.29, 1.82) is 0 Å². The normalized spacial score (nSPS) is 9.83. The minimum Gasteiger partial charge on any atom is -0.462 e. The van der Waals surface area contributed by atoms with Crippen molar-refractivity contribution in [3.05, 3.63) is 16.0 Å². The molecule has 5 heteroatoms. The molecule has 0 aliphatic heterocycles. The van der Waals surface area contributed by atoms with Crippen molar-refractivity contribution in [3.63, 3.8) is 0 Å². The smallest absolute Gasteiger partial charge is 0.316 e. The largest absolute Gasteiger partial charge is 0.462 e. The lowest BCUT2D eigenvalue weighted by Crippen LogP contribution is -2.16. The molecule has 66 valence electrons. The summed E-state index contributed by atoms with van der Waals surface area (Å²) < 4.78 is 6.22. The van der Waals surface area contributed by atoms with Crippen molar-refractivity contribution >= 4 is 22.6 Å². The number of rotatable bonds is 4. The Hall–Kier alpha value is -0.430. The molecule has 0 fully saturated rings. The van der Waals surface area contributed by atoms with E-state index in [2.05, 4.69) is 37.9 Å². The summed E-state index contributed by atoms with van der Waals surface area (Å²) in [6, 6.07) is 0.436. The van der Waals surface area contributed by atoms with E-state index in [0.29, 0.717) is 12.6 Å². The maximum atomic E-state index is 5.21. The Morgan fingerprint density at radius 2 is 2.17 bits per heavy atom. The van der Waals surface area contributed by atoms with E-state index in [1.807, 2.05) is 7.05 Å². The molecule has 1 aromatic heterocycles. The van der Waals surface area contributed by atoms with E-state index >= 15 is 0 Å². The number of hydrogen-bond acceptors (Lipinski definition) is 4. The van der Waals surface area contributed by atoms with Gasteiger partial charge in [-0.05, 0) is 29.6 Å². The van der Waals surface area contributed by atoms with Gasteiger partial charge in [0.2, 0.25) is 0 Å². The monoisotopic (exact) mass is 279 g/mol. The lowest BCUT2D eigenvalue weighted by molar-refractivity contribution is 0.293. The Morgan fingerprint density at radius 1 is 1.50 bits per heavy atom. The third-order valence-corrected chi connectivity index (χ3v) is 1.74. The highest BCUT2D eigenvalue weighted by molar-refractivity contribution is 14.1. The fourth-order valence-electron chi connectivity index (χ4n) is 0.619. The van der Waals surface area contributed by atoms with Gasteiger partial charge >= 0.3 is 6.01 Å². The van der Waals surface area contributed by atoms with Crippen LogP contribution in [0.4, 0.5) is 0 Å². The van der Waals surface area contributed by atoms with Crippen molar-refractivity contribution < 1.29 is 4.74 Å². The quantitative estimate of drug-likeness (QED) is 0.650. The number of aromatic nitrogens is 2. The van der Waals surface area contributed by atoms with Gasteiger partial charge in [0.15, 0.2) is 0 Å². The number of nitrogens with one attached hydrogen (secondary N) is 1. The number of halogens is 1. The molecule has 12 heavy (non-hydrogen) atoms. The molecule has 1 aromatic rings. The summed E-state index contributed by atoms with van der Waals surface area (Å²) in [4.78, 5) is 7.96. The molecule has 1 rings (SSSR count). The Kier molecular flexibility index (Phi) is 4.23. The van der Waals surface area contributed by atoms with Crippen LogP contribution < -0.4 is 10.1 Å². The molecule has 0 saturated heterocycles. The summed E-state index contributed by atoms with van der Waals surface area (Å²) in [6.45, 7) is 1.40. The van der Waals surface area contributed by atoms with Crippen LogP contribution in [0.25, 0.3) is 0 Å². The molecule has 0 saturated carbocycles. The second-order valence-corrected chi connectivity index (χ2v) is 3.38. The molecule has 4 nitrogen and oxygen atoms in total. The molecular weight excluding hydrogens is 269 g/mol. The summed E-state index contributed by atoms with van der Waals surface area (Å²) in [5.74, 6) is 0. The number of ether oxygens (including phenoxy) is 1. The summed E-state index contributed by atoms with van der Waals surface area (Å²) in [7, 11) is 1.87. The molecule has 0 spiro atoms. The Labute approximate surface area is 84.9 Å². The van der Waals surface area contributed by atoms with Crippen LogP contribution in [0.2, 0.25) is 0 Å². The average molecular weight is 279 g/mol. The zero-order chi connectivity index (χ0) is 8.81. The number of nitrogens with zero attached hydrogens (tertiary/aromatic N) is 2. The van der Waals surface area contributed by atoms with E-state index in [-0.39, 0.29) is 0 Å². The predicted molar refractivity (Wildman–Crippen MR) is 54.2 cm³/mol. The molecule has 0 bridgehead atoms. The summed E-state index contributed by atoms with van der Waals surface area (Å²) >= 11 is 2.15. The van der Waals surface area contributed by atoms with Gasteiger partial charge in [-0.2, -0.15) is 0 Å². The zero-order valence-corrected chi connectivity index (χ0v) is 8.91. The molecule has 0 atom stereocenters. The van der Waals surface area contributed by atoms with E-state index < -0.39 is 0 Å². The van der Waals surface area contributed by atoms with Gasteiger partial charge in [-0.3, -0.25) is 0 Å². The minimum atomic E-state index is 0.436. The van der Waals surface area contributed by atoms with Crippen LogP contribution in [0.1, 0.15) is 0 Å². The van der Waals surface area contributed by atoms with Gasteiger partial charge in [-0.1, -0.05) is 0 Å². The maximum absolute atomic E-state index is 5.21. The topological polar surface area (TPSA) is 47.0 Å². The van der Waals surface area contributed by atoms with Gasteiger partial charge in [-0.25, -0.2) is 9.97 Å². The molecule has 0 amide bonds. The van der Waals surface area contributed by atoms with Gasteiger partial charge in [0.25, 0.3) is 0 Å². The van der Waals surface area contributed by atoms with Crippen LogP contribution in [0, 0.1) is 3.57 Å². The van der Waals surface area contributed by atoms with Crippen molar-refractivity contribution in [1.82, 2.24) is 15.3 Å². The Morgan fingerprint density at radius 3 is 2.75 bits per heavy atom. The summed E-state index contributed by atoms with van der Waals surface area (Å²) in [5, 5.41) is 2.97. The molecule has 0 unspecified atom stereocenters. The Bertz CT molecular complexity index is 227. The molecule has 0 aliphatic rings. The van der Waals surface area contributed by atoms with E-state index in [1.54, 1.807) is 12.4 Å². The fraction of sp³-hybridized carbons (Fsp3) is 0.429. The van der Waals surface area contributed by atoms with Crippen LogP contribution in [-0.4, -0.2) is 30.2 Å². The highest BCUT2D eigenvalue weighted by Gasteiger charge is 1.94. The van der Waals surface area contributed by atoms with Crippen molar-refractivity contribution in [2.45, 2.75) is 0 Å². The number of hydrogen-bond donors (Lipinski definition) is 1. The summed E-state index contributed by atoms with van der Waals surface area (Å²) in [6.07, 6.45) is 3.45. The average Bonchev–Trinajstić information content (AvgIpc) is 2.09. The zero-order valence-electron chi connectivity index (χ0n) is 6.75. The first-order valence-electron chi connectivity index (χ1n) is 3.58. The van der Waals surface area contributed by atoms with Crippen LogP contribution in [0.5, 0.6) is 6.01 Å². The van der Waals surface area contributed by atoms with Crippen LogP contribution in [0.3, 0.4) is 0 Å². The first-order valence-corrected chi connectivity index (χ1v) is 4.66. The molecule has 0 aliphatic carbocycles. The third kappa shape index (κ3) is 3.31. The second kappa shape index (κ2) is 5.26. The first kappa shape index (κ1) is 9.66. The fourth-order valence-corrected chi connectivity index (χ4v) is 0.898. The van der Waals surface area contributed by atoms with E-state index in [9.17, 15) is 0 Å². The standard InChI is InChI=1S/C7H10IN3O/c1-9-2-3-12-7-10-4-6(8)5-11-7/h4-5,9H,2-3H2,1H3. The van der Waals surface area contributed by atoms with Crippen LogP contribution >= 0.6 is 22.6 Å². The molecular formula is C7H10IN3O. The molecule has 0 radical (unpaired) electrons. The molecule has 1 N–H and O–H groups in total. The second-order valence-electron chi connectivity index (χ2n) is 2.14. The van der Waals surface area contributed by atoms with Crippen molar-refractivity contribution in [2.75, 3.05) is 20.2 Å². The van der Waals surface area contributed by atoms with Gasteiger partial charge in [0, 0.05) is 22.5 Å². The van der Waals surface area contributed by atoms with Crippen LogP contribution in [-0.2, 0) is 0 Å². The molecule has 1 heterocycles. The SMILES string of the molecule is CNCCOc1ncc(I)cn1. The van der Waals surface area contributed by atoms with E-state index in [0.717, 1.165) is 10.1 Å². The first-order chi connectivity index (χ1) is 5.83. The van der Waals surface area contributed by atoms with Gasteiger partial charge in [0.05, 0.1) is 0 Å². The highest BCUT2D eigenvalue weighted by Crippen LogP contribution is 2.03. The summed E-state index contributed by atoms with van der Waals surface area (Å²) in [5.41, 5.74) is 0. The van der Waals surface area contributed by atoms with Gasteiger partial charge in [0.1, 0.15) is 6.61 Å². The van der Waals surface area contributed by atoms with Crippen molar-refractivity contribution in [2.24, 2.45) is 0 Å².